The number of carboxylic acid groups (broad SMARTS) is 1. The molecule has 0 aliphatic rings. The molecule has 2 atom stereocenters. The molecule has 6 aromatic rings. The number of rotatable bonds is 23. The van der Waals surface area contributed by atoms with Gasteiger partial charge in [0.05, 0.1) is 40.4 Å². The highest BCUT2D eigenvalue weighted by Gasteiger charge is 2.20. The Labute approximate surface area is 403 Å². The summed E-state index contributed by atoms with van der Waals surface area (Å²) in [5, 5.41) is 63.7. The molecule has 17 heteroatoms. The molecule has 0 saturated carbocycles. The Hall–Kier alpha value is -7.21. The first-order valence-corrected chi connectivity index (χ1v) is 21.9. The van der Waals surface area contributed by atoms with E-state index in [0.29, 0.717) is 61.4 Å². The molecule has 0 aliphatic carbocycles. The number of hydrogen-bond donors (Lipinski definition) is 6. The van der Waals surface area contributed by atoms with E-state index in [1.807, 2.05) is 50.2 Å². The Balaban J connectivity index is 1.20. The third kappa shape index (κ3) is 13.0. The standard InChI is InChI=1S/C51H48Cl2N6O9/c1-30-37(28-67-49-14-47(65-26-35-10-33(16-54)18-56-20-35)39(12-43(49)52)22-58-45(24-60)32(3)62)6-4-8-41(30)42-9-5-7-38(31(42)2)29-68-50-15-48(66-27-36-11-34(17-55)19-57-21-36)40(13-44(50)53)23-59-46(25-61)51(63)64/h4-15,18-21,45-46,58-62H,3,22-29H2,1-2H3,(H,63,64)/t45-,46+/m1/s1. The molecular weight excluding hydrogens is 911 g/mol. The van der Waals surface area contributed by atoms with Gasteiger partial charge in [-0.3, -0.25) is 20.1 Å². The Morgan fingerprint density at radius 2 is 1.06 bits per heavy atom. The summed E-state index contributed by atoms with van der Waals surface area (Å²) in [6, 6.07) is 24.0. The predicted octanol–water partition coefficient (Wildman–Crippen LogP) is 8.18. The van der Waals surface area contributed by atoms with Crippen LogP contribution in [0.2, 0.25) is 10.0 Å². The average Bonchev–Trinajstić information content (AvgIpc) is 3.33. The Bertz CT molecular complexity index is 2670. The van der Waals surface area contributed by atoms with E-state index in [2.05, 4.69) is 39.3 Å². The summed E-state index contributed by atoms with van der Waals surface area (Å²) in [7, 11) is 0. The number of carboxylic acids is 1. The zero-order valence-corrected chi connectivity index (χ0v) is 38.6. The van der Waals surface area contributed by atoms with Gasteiger partial charge in [-0.05, 0) is 71.5 Å². The van der Waals surface area contributed by atoms with Crippen LogP contribution in [-0.2, 0) is 44.3 Å². The highest BCUT2D eigenvalue weighted by atomic mass is 35.5. The molecule has 6 N–H and O–H groups in total. The third-order valence-corrected chi connectivity index (χ3v) is 11.5. The maximum absolute atomic E-state index is 11.6. The molecule has 0 spiro atoms. The molecule has 4 aromatic carbocycles. The molecule has 0 saturated heterocycles. The van der Waals surface area contributed by atoms with Crippen LogP contribution in [0.25, 0.3) is 11.1 Å². The summed E-state index contributed by atoms with van der Waals surface area (Å²) in [5.74, 6) is 0.00668. The number of halogens is 2. The summed E-state index contributed by atoms with van der Waals surface area (Å²) < 4.78 is 25.0. The average molecular weight is 960 g/mol. The van der Waals surface area contributed by atoms with Crippen LogP contribution < -0.4 is 29.6 Å². The number of hydrogen-bond acceptors (Lipinski definition) is 14. The second kappa shape index (κ2) is 24.0. The fourth-order valence-corrected chi connectivity index (χ4v) is 7.54. The van der Waals surface area contributed by atoms with Gasteiger partial charge in [0, 0.05) is 72.3 Å². The summed E-state index contributed by atoms with van der Waals surface area (Å²) in [5.41, 5.74) is 8.88. The summed E-state index contributed by atoms with van der Waals surface area (Å²) in [6.45, 7) is 7.15. The number of aliphatic carboxylic acids is 1. The lowest BCUT2D eigenvalue weighted by Crippen LogP contribution is -2.39. The zero-order chi connectivity index (χ0) is 48.7. The van der Waals surface area contributed by atoms with Crippen LogP contribution in [-0.4, -0.2) is 61.7 Å². The number of carbonyl (C=O) groups is 1. The van der Waals surface area contributed by atoms with Crippen molar-refractivity contribution in [2.24, 2.45) is 0 Å². The van der Waals surface area contributed by atoms with E-state index in [4.69, 9.17) is 42.1 Å². The van der Waals surface area contributed by atoms with Gasteiger partial charge >= 0.3 is 5.97 Å². The molecular formula is C51H48Cl2N6O9. The van der Waals surface area contributed by atoms with Crippen molar-refractivity contribution in [3.05, 3.63) is 176 Å². The van der Waals surface area contributed by atoms with E-state index in [1.54, 1.807) is 48.8 Å². The van der Waals surface area contributed by atoms with E-state index in [9.17, 15) is 35.7 Å². The minimum atomic E-state index is -1.22. The number of nitrogens with one attached hydrogen (secondary N) is 2. The van der Waals surface area contributed by atoms with Crippen LogP contribution in [0.3, 0.4) is 0 Å². The van der Waals surface area contributed by atoms with Crippen LogP contribution in [0.1, 0.15) is 55.6 Å². The van der Waals surface area contributed by atoms with Gasteiger partial charge in [-0.1, -0.05) is 66.2 Å². The molecule has 6 rings (SSSR count). The third-order valence-electron chi connectivity index (χ3n) is 11.0. The van der Waals surface area contributed by atoms with Crippen LogP contribution in [0.4, 0.5) is 0 Å². The smallest absolute Gasteiger partial charge is 0.323 e. The molecule has 0 bridgehead atoms. The van der Waals surface area contributed by atoms with Gasteiger partial charge < -0.3 is 44.7 Å². The van der Waals surface area contributed by atoms with Crippen LogP contribution in [0.5, 0.6) is 23.0 Å². The zero-order valence-electron chi connectivity index (χ0n) is 37.1. The van der Waals surface area contributed by atoms with Gasteiger partial charge in [0.15, 0.2) is 0 Å². The molecule has 0 aliphatic heterocycles. The second-order valence-electron chi connectivity index (χ2n) is 15.6. The number of ether oxygens (including phenoxy) is 4. The minimum absolute atomic E-state index is 0.00850. The Morgan fingerprint density at radius 1 is 0.632 bits per heavy atom. The lowest BCUT2D eigenvalue weighted by Gasteiger charge is -2.20. The Morgan fingerprint density at radius 3 is 1.46 bits per heavy atom. The topological polar surface area (TPSA) is 232 Å². The second-order valence-corrected chi connectivity index (χ2v) is 16.4. The molecule has 0 amide bonds. The van der Waals surface area contributed by atoms with Gasteiger partial charge in [0.2, 0.25) is 0 Å². The summed E-state index contributed by atoms with van der Waals surface area (Å²) in [4.78, 5) is 19.8. The normalized spacial score (nSPS) is 11.8. The monoisotopic (exact) mass is 958 g/mol. The van der Waals surface area contributed by atoms with Crippen molar-refractivity contribution in [3.63, 3.8) is 0 Å². The first-order chi connectivity index (χ1) is 32.8. The van der Waals surface area contributed by atoms with Crippen LogP contribution >= 0.6 is 23.2 Å². The molecule has 68 heavy (non-hydrogen) atoms. The fraction of sp³-hybridized carbons (Fsp3) is 0.235. The van der Waals surface area contributed by atoms with Gasteiger partial charge in [0.1, 0.15) is 73.4 Å². The van der Waals surface area contributed by atoms with Crippen LogP contribution in [0, 0.1) is 36.5 Å². The molecule has 2 aromatic heterocycles. The molecule has 350 valence electrons. The first-order valence-electron chi connectivity index (χ1n) is 21.1. The Kier molecular flexibility index (Phi) is 17.7. The van der Waals surface area contributed by atoms with Crippen molar-refractivity contribution in [1.82, 2.24) is 20.6 Å². The van der Waals surface area contributed by atoms with E-state index in [-0.39, 0.29) is 56.9 Å². The van der Waals surface area contributed by atoms with Crippen molar-refractivity contribution in [2.75, 3.05) is 13.2 Å². The first kappa shape index (κ1) is 50.2. The summed E-state index contributed by atoms with van der Waals surface area (Å²) in [6.07, 6.45) is 6.08. The largest absolute Gasteiger partial charge is 0.511 e. The minimum Gasteiger partial charge on any atom is -0.511 e. The van der Waals surface area contributed by atoms with Crippen LogP contribution in [0.15, 0.2) is 110 Å². The van der Waals surface area contributed by atoms with Crippen molar-refractivity contribution in [1.29, 1.82) is 10.5 Å². The van der Waals surface area contributed by atoms with Crippen molar-refractivity contribution in [2.45, 2.75) is 65.4 Å². The fourth-order valence-electron chi connectivity index (χ4n) is 7.05. The number of aromatic nitrogens is 2. The maximum Gasteiger partial charge on any atom is 0.323 e. The van der Waals surface area contributed by atoms with E-state index in [1.165, 1.54) is 12.4 Å². The predicted molar refractivity (Wildman–Crippen MR) is 254 cm³/mol. The van der Waals surface area contributed by atoms with Gasteiger partial charge in [-0.2, -0.15) is 10.5 Å². The number of benzene rings is 4. The van der Waals surface area contributed by atoms with E-state index >= 15 is 0 Å². The van der Waals surface area contributed by atoms with Gasteiger partial charge in [0.25, 0.3) is 0 Å². The molecule has 0 unspecified atom stereocenters. The number of nitriles is 2. The number of pyridine rings is 2. The SMILES string of the molecule is C=C(O)[C@@H](CO)NCc1cc(Cl)c(OCc2cccc(-c3cccc(COc4cc(OCc5cncc(C#N)c5)c(CN[C@@H](CO)C(=O)O)cc4Cl)c3C)c2C)cc1OCc1cncc(C#N)c1. The van der Waals surface area contributed by atoms with Crippen molar-refractivity contribution in [3.8, 4) is 46.3 Å². The number of aliphatic hydroxyl groups excluding tert-OH is 3. The highest BCUT2D eigenvalue weighted by Crippen LogP contribution is 2.37. The van der Waals surface area contributed by atoms with Gasteiger partial charge in [-0.15, -0.1) is 0 Å². The molecule has 0 radical (unpaired) electrons. The lowest BCUT2D eigenvalue weighted by atomic mass is 9.92. The molecule has 2 heterocycles. The number of aliphatic hydroxyl groups is 3. The van der Waals surface area contributed by atoms with Gasteiger partial charge in [-0.25, -0.2) is 0 Å². The van der Waals surface area contributed by atoms with E-state index < -0.39 is 24.7 Å². The quantitative estimate of drug-likeness (QED) is 0.0333. The molecule has 0 fully saturated rings. The number of nitrogens with zero attached hydrogens (tertiary/aromatic N) is 4. The maximum atomic E-state index is 11.6. The molecule has 15 nitrogen and oxygen atoms in total. The van der Waals surface area contributed by atoms with Crippen molar-refractivity contribution >= 4 is 29.2 Å². The summed E-state index contributed by atoms with van der Waals surface area (Å²) >= 11 is 13.5. The van der Waals surface area contributed by atoms with Crippen molar-refractivity contribution < 1.29 is 44.2 Å². The lowest BCUT2D eigenvalue weighted by molar-refractivity contribution is -0.140. The highest BCUT2D eigenvalue weighted by molar-refractivity contribution is 6.32. The van der Waals surface area contributed by atoms with E-state index in [0.717, 1.165) is 33.4 Å².